The molecule has 0 unspecified atom stereocenters. The number of ketones is 1. The average Bonchev–Trinajstić information content (AvgIpc) is 2.46. The highest BCUT2D eigenvalue weighted by Crippen LogP contribution is 2.29. The van der Waals surface area contributed by atoms with E-state index in [1.807, 2.05) is 13.8 Å². The lowest BCUT2D eigenvalue weighted by atomic mass is 9.86. The molecule has 2 heteroatoms. The molecule has 1 aromatic rings. The number of nitrogens with zero attached hydrogens (tertiary/aromatic N) is 1. The van der Waals surface area contributed by atoms with Crippen molar-refractivity contribution in [2.45, 2.75) is 46.0 Å². The average molecular weight is 273 g/mol. The molecule has 1 aliphatic heterocycles. The minimum atomic E-state index is 0.0782. The van der Waals surface area contributed by atoms with Crippen molar-refractivity contribution in [3.05, 3.63) is 34.9 Å². The van der Waals surface area contributed by atoms with Crippen LogP contribution < -0.4 is 0 Å². The second-order valence-electron chi connectivity index (χ2n) is 6.37. The zero-order chi connectivity index (χ0) is 14.7. The molecule has 0 atom stereocenters. The van der Waals surface area contributed by atoms with Crippen molar-refractivity contribution in [3.8, 4) is 0 Å². The van der Waals surface area contributed by atoms with Gasteiger partial charge in [-0.25, -0.2) is 0 Å². The largest absolute Gasteiger partial charge is 0.306 e. The summed E-state index contributed by atoms with van der Waals surface area (Å²) >= 11 is 0. The Balaban J connectivity index is 2.23. The minimum absolute atomic E-state index is 0.0782. The summed E-state index contributed by atoms with van der Waals surface area (Å²) in [4.78, 5) is 14.6. The number of carbonyl (C=O) groups is 1. The van der Waals surface area contributed by atoms with Crippen LogP contribution in [-0.2, 0) is 6.42 Å². The summed E-state index contributed by atoms with van der Waals surface area (Å²) in [5, 5.41) is 0. The molecule has 2 rings (SSSR count). The van der Waals surface area contributed by atoms with E-state index in [1.165, 1.54) is 37.1 Å². The van der Waals surface area contributed by atoms with E-state index in [2.05, 4.69) is 37.1 Å². The van der Waals surface area contributed by atoms with Crippen LogP contribution in [0.2, 0.25) is 0 Å². The number of benzene rings is 1. The zero-order valence-corrected chi connectivity index (χ0v) is 13.3. The Kier molecular flexibility index (Phi) is 4.98. The van der Waals surface area contributed by atoms with Crippen molar-refractivity contribution in [1.29, 1.82) is 0 Å². The normalized spacial score (nSPS) is 17.6. The fourth-order valence-electron chi connectivity index (χ4n) is 3.05. The number of rotatable bonds is 4. The highest BCUT2D eigenvalue weighted by molar-refractivity contribution is 5.98. The number of hydrogen-bond donors (Lipinski definition) is 0. The highest BCUT2D eigenvalue weighted by atomic mass is 16.1. The molecule has 110 valence electrons. The van der Waals surface area contributed by atoms with E-state index in [0.717, 1.165) is 12.0 Å². The number of piperidine rings is 1. The van der Waals surface area contributed by atoms with Gasteiger partial charge in [0.15, 0.2) is 5.78 Å². The van der Waals surface area contributed by atoms with Gasteiger partial charge in [-0.1, -0.05) is 39.0 Å². The standard InChI is InChI=1S/C18H27NO/c1-5-14-12-16(15-8-10-19(4)11-9-15)6-7-17(14)18(20)13(2)3/h6-7,12-13,15H,5,8-11H2,1-4H3. The van der Waals surface area contributed by atoms with E-state index in [1.54, 1.807) is 0 Å². The lowest BCUT2D eigenvalue weighted by Gasteiger charge is -2.29. The topological polar surface area (TPSA) is 20.3 Å². The SMILES string of the molecule is CCc1cc(C2CCN(C)CC2)ccc1C(=O)C(C)C. The Labute approximate surface area is 123 Å². The van der Waals surface area contributed by atoms with Gasteiger partial charge in [-0.05, 0) is 56.4 Å². The molecule has 1 heterocycles. The van der Waals surface area contributed by atoms with E-state index in [-0.39, 0.29) is 11.7 Å². The second-order valence-corrected chi connectivity index (χ2v) is 6.37. The number of Topliss-reactive ketones (excluding diaryl/α,β-unsaturated/α-hetero) is 1. The molecule has 1 fully saturated rings. The van der Waals surface area contributed by atoms with Gasteiger partial charge in [-0.3, -0.25) is 4.79 Å². The molecule has 0 saturated carbocycles. The quantitative estimate of drug-likeness (QED) is 0.776. The van der Waals surface area contributed by atoms with E-state index in [0.29, 0.717) is 5.92 Å². The third kappa shape index (κ3) is 3.29. The summed E-state index contributed by atoms with van der Waals surface area (Å²) in [6.45, 7) is 8.46. The highest BCUT2D eigenvalue weighted by Gasteiger charge is 2.20. The third-order valence-corrected chi connectivity index (χ3v) is 4.49. The number of aryl methyl sites for hydroxylation is 1. The molecular weight excluding hydrogens is 246 g/mol. The first-order valence-corrected chi connectivity index (χ1v) is 7.88. The first-order valence-electron chi connectivity index (χ1n) is 7.88. The molecule has 0 radical (unpaired) electrons. The molecule has 1 saturated heterocycles. The summed E-state index contributed by atoms with van der Waals surface area (Å²) in [5.41, 5.74) is 3.58. The minimum Gasteiger partial charge on any atom is -0.306 e. The fourth-order valence-corrected chi connectivity index (χ4v) is 3.05. The van der Waals surface area contributed by atoms with Crippen LogP contribution in [0, 0.1) is 5.92 Å². The van der Waals surface area contributed by atoms with Crippen molar-refractivity contribution in [2.24, 2.45) is 5.92 Å². The molecule has 0 bridgehead atoms. The van der Waals surface area contributed by atoms with Gasteiger partial charge in [0.05, 0.1) is 0 Å². The summed E-state index contributed by atoms with van der Waals surface area (Å²) in [6.07, 6.45) is 3.41. The van der Waals surface area contributed by atoms with E-state index in [4.69, 9.17) is 0 Å². The van der Waals surface area contributed by atoms with Crippen molar-refractivity contribution >= 4 is 5.78 Å². The predicted molar refractivity (Wildman–Crippen MR) is 84.5 cm³/mol. The summed E-state index contributed by atoms with van der Waals surface area (Å²) in [5.74, 6) is 1.02. The Morgan fingerprint density at radius 3 is 2.50 bits per heavy atom. The van der Waals surface area contributed by atoms with Gasteiger partial charge >= 0.3 is 0 Å². The smallest absolute Gasteiger partial charge is 0.165 e. The molecule has 0 spiro atoms. The summed E-state index contributed by atoms with van der Waals surface area (Å²) < 4.78 is 0. The van der Waals surface area contributed by atoms with Gasteiger partial charge in [0.25, 0.3) is 0 Å². The number of likely N-dealkylation sites (tertiary alicyclic amines) is 1. The van der Waals surface area contributed by atoms with Crippen molar-refractivity contribution in [1.82, 2.24) is 4.90 Å². The van der Waals surface area contributed by atoms with E-state index in [9.17, 15) is 4.79 Å². The number of hydrogen-bond acceptors (Lipinski definition) is 2. The van der Waals surface area contributed by atoms with Gasteiger partial charge in [0.1, 0.15) is 0 Å². The van der Waals surface area contributed by atoms with Crippen molar-refractivity contribution in [2.75, 3.05) is 20.1 Å². The van der Waals surface area contributed by atoms with Crippen molar-refractivity contribution in [3.63, 3.8) is 0 Å². The fraction of sp³-hybridized carbons (Fsp3) is 0.611. The van der Waals surface area contributed by atoms with Gasteiger partial charge in [0.2, 0.25) is 0 Å². The lowest BCUT2D eigenvalue weighted by Crippen LogP contribution is -2.29. The van der Waals surface area contributed by atoms with Gasteiger partial charge < -0.3 is 4.90 Å². The molecule has 2 nitrogen and oxygen atoms in total. The Morgan fingerprint density at radius 1 is 1.30 bits per heavy atom. The Hall–Kier alpha value is -1.15. The first-order chi connectivity index (χ1) is 9.52. The molecule has 0 N–H and O–H groups in total. The summed E-state index contributed by atoms with van der Waals surface area (Å²) in [6, 6.07) is 6.53. The van der Waals surface area contributed by atoms with Crippen LogP contribution in [0.15, 0.2) is 18.2 Å². The molecule has 1 aromatic carbocycles. The monoisotopic (exact) mass is 273 g/mol. The van der Waals surface area contributed by atoms with Crippen LogP contribution in [0.1, 0.15) is 61.0 Å². The third-order valence-electron chi connectivity index (χ3n) is 4.49. The van der Waals surface area contributed by atoms with Crippen LogP contribution >= 0.6 is 0 Å². The maximum absolute atomic E-state index is 12.2. The maximum Gasteiger partial charge on any atom is 0.165 e. The van der Waals surface area contributed by atoms with Gasteiger partial charge in [-0.15, -0.1) is 0 Å². The van der Waals surface area contributed by atoms with Crippen LogP contribution in [0.25, 0.3) is 0 Å². The maximum atomic E-state index is 12.2. The van der Waals surface area contributed by atoms with Crippen LogP contribution in [0.3, 0.4) is 0 Å². The van der Waals surface area contributed by atoms with Crippen LogP contribution in [-0.4, -0.2) is 30.8 Å². The van der Waals surface area contributed by atoms with Crippen LogP contribution in [0.4, 0.5) is 0 Å². The van der Waals surface area contributed by atoms with Gasteiger partial charge in [0, 0.05) is 11.5 Å². The molecule has 0 aliphatic carbocycles. The zero-order valence-electron chi connectivity index (χ0n) is 13.3. The molecule has 0 aromatic heterocycles. The molecule has 0 amide bonds. The Bertz CT molecular complexity index is 470. The number of carbonyl (C=O) groups excluding carboxylic acids is 1. The predicted octanol–water partition coefficient (Wildman–Crippen LogP) is 3.90. The van der Waals surface area contributed by atoms with E-state index < -0.39 is 0 Å². The Morgan fingerprint density at radius 2 is 1.95 bits per heavy atom. The lowest BCUT2D eigenvalue weighted by molar-refractivity contribution is 0.0938. The van der Waals surface area contributed by atoms with Crippen LogP contribution in [0.5, 0.6) is 0 Å². The van der Waals surface area contributed by atoms with Gasteiger partial charge in [-0.2, -0.15) is 0 Å². The van der Waals surface area contributed by atoms with Crippen molar-refractivity contribution < 1.29 is 4.79 Å². The first kappa shape index (κ1) is 15.2. The van der Waals surface area contributed by atoms with E-state index >= 15 is 0 Å². The molecular formula is C18H27NO. The second kappa shape index (κ2) is 6.53. The molecule has 1 aliphatic rings. The molecule has 20 heavy (non-hydrogen) atoms. The summed E-state index contributed by atoms with van der Waals surface area (Å²) in [7, 11) is 2.19.